The zero-order chi connectivity index (χ0) is 18.8. The highest BCUT2D eigenvalue weighted by atomic mass is 35.5. The van der Waals surface area contributed by atoms with Gasteiger partial charge in [0.15, 0.2) is 5.82 Å². The summed E-state index contributed by atoms with van der Waals surface area (Å²) in [5.41, 5.74) is 5.47. The van der Waals surface area contributed by atoms with Gasteiger partial charge in [-0.1, -0.05) is 28.4 Å². The van der Waals surface area contributed by atoms with Crippen molar-refractivity contribution in [3.63, 3.8) is 0 Å². The fourth-order valence-electron chi connectivity index (χ4n) is 2.62. The largest absolute Gasteiger partial charge is 0.360 e. The lowest BCUT2D eigenvalue weighted by Crippen LogP contribution is -2.18. The minimum absolute atomic E-state index is 0.264. The molecule has 0 aliphatic rings. The number of hydrogen-bond acceptors (Lipinski definition) is 4. The number of amides is 1. The van der Waals surface area contributed by atoms with Crippen LogP contribution < -0.4 is 5.43 Å². The smallest absolute Gasteiger partial charge is 0.272 e. The van der Waals surface area contributed by atoms with Gasteiger partial charge in [0.25, 0.3) is 5.91 Å². The highest BCUT2D eigenvalue weighted by Crippen LogP contribution is 2.21. The van der Waals surface area contributed by atoms with Crippen molar-refractivity contribution in [1.29, 1.82) is 0 Å². The standard InChI is InChI=1S/C18H16Cl2N4O2/c1-10-6-13(12(3)24(10)17-7-11(2)26-23-17)9-21-22-18(25)15-8-14(19)4-5-16(15)20/h4-9H,1-3H3,(H,22,25)/b21-9-. The Balaban J connectivity index is 1.79. The molecule has 0 aliphatic heterocycles. The van der Waals surface area contributed by atoms with Crippen LogP contribution in [0.25, 0.3) is 5.82 Å². The van der Waals surface area contributed by atoms with Crippen molar-refractivity contribution in [2.24, 2.45) is 5.10 Å². The van der Waals surface area contributed by atoms with E-state index in [9.17, 15) is 4.79 Å². The summed E-state index contributed by atoms with van der Waals surface area (Å²) in [4.78, 5) is 12.2. The first kappa shape index (κ1) is 18.2. The SMILES string of the molecule is Cc1cc(-n2c(C)cc(/C=N\NC(=O)c3cc(Cl)ccc3Cl)c2C)no1. The molecule has 0 spiro atoms. The van der Waals surface area contributed by atoms with Gasteiger partial charge in [-0.05, 0) is 45.0 Å². The molecular weight excluding hydrogens is 375 g/mol. The summed E-state index contributed by atoms with van der Waals surface area (Å²) >= 11 is 11.9. The number of carbonyl (C=O) groups is 1. The summed E-state index contributed by atoms with van der Waals surface area (Å²) in [6.45, 7) is 5.73. The van der Waals surface area contributed by atoms with E-state index in [1.807, 2.05) is 37.5 Å². The zero-order valence-electron chi connectivity index (χ0n) is 14.4. The Hall–Kier alpha value is -2.57. The van der Waals surface area contributed by atoms with Crippen molar-refractivity contribution < 1.29 is 9.32 Å². The highest BCUT2D eigenvalue weighted by molar-refractivity contribution is 6.35. The fourth-order valence-corrected chi connectivity index (χ4v) is 3.00. The highest BCUT2D eigenvalue weighted by Gasteiger charge is 2.13. The topological polar surface area (TPSA) is 72.4 Å². The van der Waals surface area contributed by atoms with Crippen molar-refractivity contribution in [2.45, 2.75) is 20.8 Å². The predicted molar refractivity (Wildman–Crippen MR) is 102 cm³/mol. The van der Waals surface area contributed by atoms with Gasteiger partial charge in [-0.15, -0.1) is 0 Å². The van der Waals surface area contributed by atoms with Gasteiger partial charge >= 0.3 is 0 Å². The summed E-state index contributed by atoms with van der Waals surface area (Å²) in [6.07, 6.45) is 1.57. The number of halogens is 2. The third-order valence-electron chi connectivity index (χ3n) is 3.86. The van der Waals surface area contributed by atoms with Crippen LogP contribution in [0.5, 0.6) is 0 Å². The second-order valence-corrected chi connectivity index (χ2v) is 6.62. The average molecular weight is 391 g/mol. The van der Waals surface area contributed by atoms with Crippen LogP contribution >= 0.6 is 23.2 Å². The number of benzene rings is 1. The average Bonchev–Trinajstić information content (AvgIpc) is 3.13. The van der Waals surface area contributed by atoms with E-state index in [2.05, 4.69) is 15.7 Å². The van der Waals surface area contributed by atoms with Crippen LogP contribution in [0.2, 0.25) is 10.0 Å². The first-order valence-corrected chi connectivity index (χ1v) is 8.53. The molecule has 8 heteroatoms. The molecule has 2 heterocycles. The van der Waals surface area contributed by atoms with Crippen LogP contribution in [0.15, 0.2) is 40.0 Å². The molecule has 26 heavy (non-hydrogen) atoms. The number of nitrogens with one attached hydrogen (secondary N) is 1. The maximum absolute atomic E-state index is 12.2. The Kier molecular flexibility index (Phi) is 5.15. The van der Waals surface area contributed by atoms with Gasteiger partial charge in [0.05, 0.1) is 16.8 Å². The van der Waals surface area contributed by atoms with Crippen LogP contribution in [-0.2, 0) is 0 Å². The van der Waals surface area contributed by atoms with Gasteiger partial charge in [-0.3, -0.25) is 9.36 Å². The molecule has 1 N–H and O–H groups in total. The van der Waals surface area contributed by atoms with E-state index >= 15 is 0 Å². The van der Waals surface area contributed by atoms with Crippen molar-refractivity contribution in [1.82, 2.24) is 15.1 Å². The molecule has 0 saturated heterocycles. The van der Waals surface area contributed by atoms with E-state index < -0.39 is 5.91 Å². The maximum atomic E-state index is 12.2. The third kappa shape index (κ3) is 3.66. The minimum Gasteiger partial charge on any atom is -0.360 e. The Morgan fingerprint density at radius 1 is 1.23 bits per heavy atom. The number of carbonyl (C=O) groups excluding carboxylic acids is 1. The van der Waals surface area contributed by atoms with Crippen LogP contribution in [0.4, 0.5) is 0 Å². The summed E-state index contributed by atoms with van der Waals surface area (Å²) in [5, 5.41) is 8.79. The Morgan fingerprint density at radius 3 is 2.69 bits per heavy atom. The molecule has 0 aliphatic carbocycles. The number of rotatable bonds is 4. The normalized spacial score (nSPS) is 11.3. The van der Waals surface area contributed by atoms with Gasteiger partial charge in [0.2, 0.25) is 0 Å². The Morgan fingerprint density at radius 2 is 2.00 bits per heavy atom. The monoisotopic (exact) mass is 390 g/mol. The Bertz CT molecular complexity index is 1000. The number of aryl methyl sites for hydroxylation is 2. The van der Waals surface area contributed by atoms with E-state index in [1.54, 1.807) is 18.3 Å². The molecule has 0 atom stereocenters. The molecule has 0 radical (unpaired) electrons. The first-order valence-electron chi connectivity index (χ1n) is 7.78. The van der Waals surface area contributed by atoms with E-state index in [0.29, 0.717) is 15.9 Å². The van der Waals surface area contributed by atoms with Gasteiger partial charge in [0.1, 0.15) is 5.76 Å². The summed E-state index contributed by atoms with van der Waals surface area (Å²) in [6, 6.07) is 8.47. The van der Waals surface area contributed by atoms with Crippen LogP contribution in [0, 0.1) is 20.8 Å². The van der Waals surface area contributed by atoms with Crippen molar-refractivity contribution >= 4 is 35.3 Å². The number of aromatic nitrogens is 2. The molecule has 3 rings (SSSR count). The van der Waals surface area contributed by atoms with E-state index in [0.717, 1.165) is 22.7 Å². The number of hydrazone groups is 1. The van der Waals surface area contributed by atoms with Gasteiger partial charge < -0.3 is 4.52 Å². The molecule has 0 fully saturated rings. The third-order valence-corrected chi connectivity index (χ3v) is 4.42. The van der Waals surface area contributed by atoms with E-state index in [4.69, 9.17) is 27.7 Å². The molecule has 0 bridgehead atoms. The number of hydrogen-bond donors (Lipinski definition) is 1. The predicted octanol–water partition coefficient (Wildman–Crippen LogP) is 4.46. The molecule has 0 saturated carbocycles. The van der Waals surface area contributed by atoms with Crippen molar-refractivity contribution in [3.8, 4) is 5.82 Å². The summed E-state index contributed by atoms with van der Waals surface area (Å²) in [5.74, 6) is 0.995. The summed E-state index contributed by atoms with van der Waals surface area (Å²) in [7, 11) is 0. The lowest BCUT2D eigenvalue weighted by Gasteiger charge is -2.04. The van der Waals surface area contributed by atoms with E-state index in [-0.39, 0.29) is 5.56 Å². The van der Waals surface area contributed by atoms with Crippen LogP contribution in [0.1, 0.15) is 33.1 Å². The van der Waals surface area contributed by atoms with Gasteiger partial charge in [0, 0.05) is 28.0 Å². The van der Waals surface area contributed by atoms with Crippen LogP contribution in [-0.4, -0.2) is 21.8 Å². The first-order chi connectivity index (χ1) is 12.4. The second-order valence-electron chi connectivity index (χ2n) is 5.78. The minimum atomic E-state index is -0.435. The molecule has 1 aromatic carbocycles. The lowest BCUT2D eigenvalue weighted by atomic mass is 10.2. The zero-order valence-corrected chi connectivity index (χ0v) is 15.9. The molecule has 6 nitrogen and oxygen atoms in total. The van der Waals surface area contributed by atoms with E-state index in [1.165, 1.54) is 6.07 Å². The second kappa shape index (κ2) is 7.35. The molecular formula is C18H16Cl2N4O2. The van der Waals surface area contributed by atoms with Crippen LogP contribution in [0.3, 0.4) is 0 Å². The number of nitrogens with zero attached hydrogens (tertiary/aromatic N) is 3. The van der Waals surface area contributed by atoms with Crippen molar-refractivity contribution in [3.05, 3.63) is 68.7 Å². The maximum Gasteiger partial charge on any atom is 0.272 e. The molecule has 2 aromatic heterocycles. The lowest BCUT2D eigenvalue weighted by molar-refractivity contribution is 0.0955. The van der Waals surface area contributed by atoms with Gasteiger partial charge in [-0.25, -0.2) is 5.43 Å². The molecule has 1 amide bonds. The molecule has 0 unspecified atom stereocenters. The summed E-state index contributed by atoms with van der Waals surface area (Å²) < 4.78 is 7.09. The molecule has 134 valence electrons. The molecule has 3 aromatic rings. The van der Waals surface area contributed by atoms with Crippen molar-refractivity contribution in [2.75, 3.05) is 0 Å². The fraction of sp³-hybridized carbons (Fsp3) is 0.167. The van der Waals surface area contributed by atoms with Gasteiger partial charge in [-0.2, -0.15) is 5.10 Å². The quantitative estimate of drug-likeness (QED) is 0.527. The Labute approximate surface area is 160 Å².